The van der Waals surface area contributed by atoms with E-state index in [1.807, 2.05) is 54.6 Å². The summed E-state index contributed by atoms with van der Waals surface area (Å²) in [5.41, 5.74) is 14.3. The third-order valence-electron chi connectivity index (χ3n) is 8.32. The number of fused-ring (bicyclic) bond motifs is 3. The molecular weight excluding hydrogens is 629 g/mol. The molecule has 0 spiro atoms. The molecule has 238 valence electrons. The first-order chi connectivity index (χ1) is 22.9. The quantitative estimate of drug-likeness (QED) is 0.138. The molecule has 0 fully saturated rings. The van der Waals surface area contributed by atoms with Crippen molar-refractivity contribution in [3.05, 3.63) is 147 Å². The van der Waals surface area contributed by atoms with Crippen molar-refractivity contribution >= 4 is 40.7 Å². The summed E-state index contributed by atoms with van der Waals surface area (Å²) in [6, 6.07) is 35.2. The highest BCUT2D eigenvalue weighted by Gasteiger charge is 2.23. The number of hydrogen-bond acceptors (Lipinski definition) is 4. The average molecular weight is 665 g/mol. The van der Waals surface area contributed by atoms with E-state index in [1.165, 1.54) is 22.3 Å². The summed E-state index contributed by atoms with van der Waals surface area (Å²) < 4.78 is 6.33. The monoisotopic (exact) mass is 663 g/mol. The van der Waals surface area contributed by atoms with E-state index in [0.29, 0.717) is 53.3 Å². The first-order valence-corrected chi connectivity index (χ1v) is 16.4. The number of hydrogen-bond donors (Lipinski definition) is 2. The molecule has 0 aliphatic heterocycles. The lowest BCUT2D eigenvalue weighted by atomic mass is 10.0. The Morgan fingerprint density at radius 2 is 1.60 bits per heavy atom. The first-order valence-electron chi connectivity index (χ1n) is 15.6. The number of amides is 2. The van der Waals surface area contributed by atoms with Crippen LogP contribution in [0.2, 0.25) is 10.0 Å². The van der Waals surface area contributed by atoms with E-state index in [-0.39, 0.29) is 24.7 Å². The number of carbonyl (C=O) groups is 2. The zero-order valence-electron chi connectivity index (χ0n) is 25.8. The number of carbonyl (C=O) groups excluding carboxylic acids is 2. The Kier molecular flexibility index (Phi) is 10.2. The van der Waals surface area contributed by atoms with Crippen LogP contribution in [0.3, 0.4) is 0 Å². The lowest BCUT2D eigenvalue weighted by Gasteiger charge is -2.26. The predicted molar refractivity (Wildman–Crippen MR) is 189 cm³/mol. The van der Waals surface area contributed by atoms with Gasteiger partial charge in [0.2, 0.25) is 11.8 Å². The highest BCUT2D eigenvalue weighted by atomic mass is 35.5. The number of para-hydroxylation sites is 2. The zero-order valence-corrected chi connectivity index (χ0v) is 27.4. The van der Waals surface area contributed by atoms with Gasteiger partial charge in [0.1, 0.15) is 5.75 Å². The molecule has 0 saturated carbocycles. The molecule has 0 heterocycles. The molecule has 2 amide bonds. The Labute approximate surface area is 285 Å². The van der Waals surface area contributed by atoms with Gasteiger partial charge in [0.15, 0.2) is 5.75 Å². The molecule has 3 N–H and O–H groups in total. The van der Waals surface area contributed by atoms with Crippen molar-refractivity contribution in [2.75, 3.05) is 11.4 Å². The Hall–Kier alpha value is -4.62. The molecule has 6 rings (SSSR count). The van der Waals surface area contributed by atoms with Gasteiger partial charge in [-0.05, 0) is 88.2 Å². The molecule has 0 bridgehead atoms. The SMILES string of the molecule is NCc1cccc(Oc2ccccc2N(Cc2ccc3c(c2)Cc2ccccc2-3)C(=O)CCC(=O)NCCc2ccc(Cl)cc2Cl)c1. The van der Waals surface area contributed by atoms with Crippen LogP contribution < -0.4 is 20.7 Å². The second-order valence-corrected chi connectivity index (χ2v) is 12.4. The molecule has 0 atom stereocenters. The highest BCUT2D eigenvalue weighted by molar-refractivity contribution is 6.35. The predicted octanol–water partition coefficient (Wildman–Crippen LogP) is 8.49. The number of halogens is 2. The first kappa shape index (κ1) is 32.3. The van der Waals surface area contributed by atoms with Gasteiger partial charge in [-0.25, -0.2) is 0 Å². The summed E-state index contributed by atoms with van der Waals surface area (Å²) >= 11 is 12.3. The van der Waals surface area contributed by atoms with Crippen LogP contribution in [-0.4, -0.2) is 18.4 Å². The van der Waals surface area contributed by atoms with Crippen LogP contribution in [0.1, 0.15) is 40.7 Å². The number of nitrogens with zero attached hydrogens (tertiary/aromatic N) is 1. The van der Waals surface area contributed by atoms with Gasteiger partial charge in [-0.1, -0.05) is 96.0 Å². The molecule has 0 radical (unpaired) electrons. The normalized spacial score (nSPS) is 11.5. The van der Waals surface area contributed by atoms with E-state index in [2.05, 4.69) is 47.8 Å². The molecular formula is C39H35Cl2N3O3. The van der Waals surface area contributed by atoms with Crippen molar-refractivity contribution in [3.8, 4) is 22.6 Å². The summed E-state index contributed by atoms with van der Waals surface area (Å²) in [5, 5.41) is 4.03. The van der Waals surface area contributed by atoms with Crippen molar-refractivity contribution in [1.82, 2.24) is 5.32 Å². The van der Waals surface area contributed by atoms with Crippen LogP contribution in [0.4, 0.5) is 5.69 Å². The van der Waals surface area contributed by atoms with Gasteiger partial charge in [-0.2, -0.15) is 0 Å². The fourth-order valence-corrected chi connectivity index (χ4v) is 6.42. The van der Waals surface area contributed by atoms with Crippen molar-refractivity contribution in [3.63, 3.8) is 0 Å². The second kappa shape index (κ2) is 14.9. The van der Waals surface area contributed by atoms with E-state index in [0.717, 1.165) is 23.1 Å². The number of anilines is 1. The van der Waals surface area contributed by atoms with Gasteiger partial charge in [0.25, 0.3) is 0 Å². The fraction of sp³-hybridized carbons (Fsp3) is 0.179. The number of nitrogens with two attached hydrogens (primary N) is 1. The minimum atomic E-state index is -0.207. The van der Waals surface area contributed by atoms with E-state index in [1.54, 1.807) is 17.0 Å². The van der Waals surface area contributed by atoms with Gasteiger partial charge in [-0.3, -0.25) is 9.59 Å². The van der Waals surface area contributed by atoms with Crippen LogP contribution in [-0.2, 0) is 35.5 Å². The van der Waals surface area contributed by atoms with Crippen LogP contribution in [0.25, 0.3) is 11.1 Å². The maximum absolute atomic E-state index is 14.0. The van der Waals surface area contributed by atoms with Crippen LogP contribution in [0.15, 0.2) is 109 Å². The Morgan fingerprint density at radius 3 is 2.45 bits per heavy atom. The van der Waals surface area contributed by atoms with Gasteiger partial charge >= 0.3 is 0 Å². The second-order valence-electron chi connectivity index (χ2n) is 11.6. The molecule has 47 heavy (non-hydrogen) atoms. The summed E-state index contributed by atoms with van der Waals surface area (Å²) in [4.78, 5) is 28.5. The topological polar surface area (TPSA) is 84.7 Å². The summed E-state index contributed by atoms with van der Waals surface area (Å²) in [7, 11) is 0. The molecule has 6 nitrogen and oxygen atoms in total. The Bertz CT molecular complexity index is 1930. The summed E-state index contributed by atoms with van der Waals surface area (Å²) in [6.07, 6.45) is 1.48. The molecule has 8 heteroatoms. The fourth-order valence-electron chi connectivity index (χ4n) is 5.92. The maximum Gasteiger partial charge on any atom is 0.227 e. The van der Waals surface area contributed by atoms with Crippen molar-refractivity contribution in [2.45, 2.75) is 38.8 Å². The summed E-state index contributed by atoms with van der Waals surface area (Å²) in [5.74, 6) is 0.773. The number of rotatable bonds is 12. The third kappa shape index (κ3) is 7.86. The van der Waals surface area contributed by atoms with E-state index >= 15 is 0 Å². The van der Waals surface area contributed by atoms with Gasteiger partial charge in [0.05, 0.1) is 12.2 Å². The van der Waals surface area contributed by atoms with Crippen molar-refractivity contribution in [2.24, 2.45) is 5.73 Å². The van der Waals surface area contributed by atoms with Crippen LogP contribution in [0, 0.1) is 0 Å². The largest absolute Gasteiger partial charge is 0.455 e. The Morgan fingerprint density at radius 1 is 0.787 bits per heavy atom. The molecule has 5 aromatic carbocycles. The van der Waals surface area contributed by atoms with Crippen molar-refractivity contribution < 1.29 is 14.3 Å². The van der Waals surface area contributed by atoms with E-state index < -0.39 is 0 Å². The standard InChI is InChI=1S/C39H35Cl2N3O3/c40-31-14-13-28(35(41)23-31)18-19-43-38(45)16-17-39(46)44(25-27-12-15-34-30(20-27)22-29-7-1-2-9-33(29)34)36-10-3-4-11-37(36)47-32-8-5-6-26(21-32)24-42/h1-15,20-21,23H,16-19,22,24-25,42H2,(H,43,45). The van der Waals surface area contributed by atoms with Gasteiger partial charge < -0.3 is 20.7 Å². The lowest BCUT2D eigenvalue weighted by Crippen LogP contribution is -2.33. The maximum atomic E-state index is 14.0. The molecule has 1 aliphatic carbocycles. The van der Waals surface area contributed by atoms with E-state index in [4.69, 9.17) is 33.7 Å². The highest BCUT2D eigenvalue weighted by Crippen LogP contribution is 2.38. The molecule has 1 aliphatic rings. The Balaban J connectivity index is 1.20. The molecule has 0 saturated heterocycles. The van der Waals surface area contributed by atoms with Crippen LogP contribution in [0.5, 0.6) is 11.5 Å². The molecule has 0 unspecified atom stereocenters. The number of nitrogens with one attached hydrogen (secondary N) is 1. The minimum Gasteiger partial charge on any atom is -0.455 e. The third-order valence-corrected chi connectivity index (χ3v) is 8.90. The van der Waals surface area contributed by atoms with Crippen LogP contribution >= 0.6 is 23.2 Å². The molecule has 5 aromatic rings. The number of ether oxygens (including phenoxy) is 1. The minimum absolute atomic E-state index is 0.0287. The summed E-state index contributed by atoms with van der Waals surface area (Å²) in [6.45, 7) is 1.11. The smallest absolute Gasteiger partial charge is 0.227 e. The van der Waals surface area contributed by atoms with Gasteiger partial charge in [-0.15, -0.1) is 0 Å². The number of benzene rings is 5. The average Bonchev–Trinajstić information content (AvgIpc) is 3.45. The zero-order chi connectivity index (χ0) is 32.8. The van der Waals surface area contributed by atoms with Crippen molar-refractivity contribution in [1.29, 1.82) is 0 Å². The van der Waals surface area contributed by atoms with E-state index in [9.17, 15) is 9.59 Å². The lowest BCUT2D eigenvalue weighted by molar-refractivity contribution is -0.125. The van der Waals surface area contributed by atoms with Gasteiger partial charge in [0, 0.05) is 36.0 Å². The molecule has 0 aromatic heterocycles.